The minimum absolute atomic E-state index is 0.0350. The van der Waals surface area contributed by atoms with Crippen molar-refractivity contribution in [3.8, 4) is 0 Å². The van der Waals surface area contributed by atoms with E-state index < -0.39 is 0 Å². The highest BCUT2D eigenvalue weighted by molar-refractivity contribution is 6.31. The van der Waals surface area contributed by atoms with Gasteiger partial charge < -0.3 is 5.73 Å². The van der Waals surface area contributed by atoms with E-state index in [0.717, 1.165) is 0 Å². The van der Waals surface area contributed by atoms with Gasteiger partial charge in [0.15, 0.2) is 5.78 Å². The molecule has 0 aromatic heterocycles. The first-order valence-electron chi connectivity index (χ1n) is 6.96. The van der Waals surface area contributed by atoms with Crippen molar-refractivity contribution in [2.24, 2.45) is 11.1 Å². The molecule has 0 aliphatic heterocycles. The van der Waals surface area contributed by atoms with E-state index in [9.17, 15) is 4.79 Å². The van der Waals surface area contributed by atoms with Crippen molar-refractivity contribution in [2.75, 3.05) is 6.54 Å². The van der Waals surface area contributed by atoms with Crippen LogP contribution in [0.15, 0.2) is 18.2 Å². The van der Waals surface area contributed by atoms with Crippen LogP contribution < -0.4 is 5.73 Å². The van der Waals surface area contributed by atoms with E-state index in [1.165, 1.54) is 31.2 Å². The molecule has 0 bridgehead atoms. The number of carbonyl (C=O) groups excluding carboxylic acids is 1. The molecule has 2 nitrogen and oxygen atoms in total. The Morgan fingerprint density at radius 3 is 2.53 bits per heavy atom. The second-order valence-electron chi connectivity index (χ2n) is 6.30. The van der Waals surface area contributed by atoms with Gasteiger partial charge in [0.2, 0.25) is 0 Å². The van der Waals surface area contributed by atoms with Crippen LogP contribution in [0.2, 0.25) is 5.02 Å². The molecule has 0 atom stereocenters. The van der Waals surface area contributed by atoms with Gasteiger partial charge in [0.25, 0.3) is 0 Å². The molecule has 0 unspecified atom stereocenters. The van der Waals surface area contributed by atoms with Gasteiger partial charge in [0.1, 0.15) is 0 Å². The predicted molar refractivity (Wildman–Crippen MR) is 79.8 cm³/mol. The fourth-order valence-corrected chi connectivity index (χ4v) is 3.19. The lowest BCUT2D eigenvalue weighted by Crippen LogP contribution is -2.20. The Hall–Kier alpha value is -0.860. The summed E-state index contributed by atoms with van der Waals surface area (Å²) in [5, 5.41) is 0.712. The van der Waals surface area contributed by atoms with Crippen molar-refractivity contribution < 1.29 is 4.79 Å². The summed E-state index contributed by atoms with van der Waals surface area (Å²) in [6.07, 6.45) is 4.82. The van der Waals surface area contributed by atoms with Gasteiger partial charge in [-0.25, -0.2) is 0 Å². The van der Waals surface area contributed by atoms with E-state index in [-0.39, 0.29) is 12.3 Å². The molecule has 104 valence electrons. The minimum Gasteiger partial charge on any atom is -0.324 e. The van der Waals surface area contributed by atoms with E-state index in [4.69, 9.17) is 17.3 Å². The van der Waals surface area contributed by atoms with Crippen LogP contribution in [0.5, 0.6) is 0 Å². The summed E-state index contributed by atoms with van der Waals surface area (Å²) in [4.78, 5) is 11.6. The third-order valence-corrected chi connectivity index (χ3v) is 4.61. The molecular weight excluding hydrogens is 258 g/mol. The number of carbonyl (C=O) groups is 1. The summed E-state index contributed by atoms with van der Waals surface area (Å²) < 4.78 is 0. The number of ketones is 1. The average molecular weight is 280 g/mol. The number of benzene rings is 1. The smallest absolute Gasteiger partial charge is 0.176 e. The van der Waals surface area contributed by atoms with Gasteiger partial charge in [-0.3, -0.25) is 4.79 Å². The molecule has 3 heteroatoms. The van der Waals surface area contributed by atoms with Gasteiger partial charge in [-0.1, -0.05) is 37.6 Å². The molecule has 1 aliphatic carbocycles. The van der Waals surface area contributed by atoms with Crippen molar-refractivity contribution in [2.45, 2.75) is 45.4 Å². The molecule has 1 saturated carbocycles. The van der Waals surface area contributed by atoms with E-state index >= 15 is 0 Å². The molecule has 0 amide bonds. The summed E-state index contributed by atoms with van der Waals surface area (Å²) in [6.45, 7) is 4.69. The first-order valence-corrected chi connectivity index (χ1v) is 7.33. The molecule has 0 saturated heterocycles. The zero-order valence-electron chi connectivity index (χ0n) is 11.7. The Bertz CT molecular complexity index is 472. The second kappa shape index (κ2) is 5.64. The Morgan fingerprint density at radius 1 is 1.37 bits per heavy atom. The van der Waals surface area contributed by atoms with E-state index in [1.54, 1.807) is 6.07 Å². The van der Waals surface area contributed by atoms with Crippen LogP contribution in [0.1, 0.15) is 61.4 Å². The van der Waals surface area contributed by atoms with Gasteiger partial charge in [0.05, 0.1) is 6.54 Å². The molecule has 2 N–H and O–H groups in total. The summed E-state index contributed by atoms with van der Waals surface area (Å²) in [5.41, 5.74) is 7.63. The summed E-state index contributed by atoms with van der Waals surface area (Å²) in [6, 6.07) is 5.64. The highest BCUT2D eigenvalue weighted by Gasteiger charge is 2.28. The maximum Gasteiger partial charge on any atom is 0.176 e. The lowest BCUT2D eigenvalue weighted by molar-refractivity contribution is 0.100. The third kappa shape index (κ3) is 3.37. The van der Waals surface area contributed by atoms with Crippen LogP contribution >= 0.6 is 11.6 Å². The predicted octanol–water partition coefficient (Wildman–Crippen LogP) is 4.17. The first kappa shape index (κ1) is 14.5. The van der Waals surface area contributed by atoms with E-state index in [2.05, 4.69) is 13.8 Å². The molecule has 1 aliphatic rings. The molecular formula is C16H22ClNO. The molecule has 2 rings (SSSR count). The Kier molecular flexibility index (Phi) is 4.32. The first-order chi connectivity index (χ1) is 8.93. The highest BCUT2D eigenvalue weighted by Crippen LogP contribution is 2.44. The second-order valence-corrected chi connectivity index (χ2v) is 6.71. The fraction of sp³-hybridized carbons (Fsp3) is 0.562. The summed E-state index contributed by atoms with van der Waals surface area (Å²) in [5.74, 6) is 0.473. The molecule has 0 spiro atoms. The Morgan fingerprint density at radius 2 is 2.00 bits per heavy atom. The normalized spacial score (nSPS) is 19.4. The van der Waals surface area contributed by atoms with Gasteiger partial charge in [-0.15, -0.1) is 0 Å². The van der Waals surface area contributed by atoms with E-state index in [1.807, 2.05) is 12.1 Å². The minimum atomic E-state index is -0.0572. The van der Waals surface area contributed by atoms with Gasteiger partial charge in [-0.2, -0.15) is 0 Å². The average Bonchev–Trinajstić information content (AvgIpc) is 2.38. The van der Waals surface area contributed by atoms with Crippen molar-refractivity contribution in [3.63, 3.8) is 0 Å². The molecule has 1 aromatic carbocycles. The fourth-order valence-electron chi connectivity index (χ4n) is 2.86. The molecule has 0 heterocycles. The van der Waals surface area contributed by atoms with Gasteiger partial charge in [0, 0.05) is 10.6 Å². The van der Waals surface area contributed by atoms with Crippen LogP contribution in [0.3, 0.4) is 0 Å². The lowest BCUT2D eigenvalue weighted by Gasteiger charge is -2.34. The van der Waals surface area contributed by atoms with Gasteiger partial charge >= 0.3 is 0 Å². The molecule has 1 fully saturated rings. The van der Waals surface area contributed by atoms with Crippen LogP contribution in [0.25, 0.3) is 0 Å². The largest absolute Gasteiger partial charge is 0.324 e. The zero-order valence-corrected chi connectivity index (χ0v) is 12.5. The van der Waals surface area contributed by atoms with Crippen LogP contribution in [-0.4, -0.2) is 12.3 Å². The van der Waals surface area contributed by atoms with Gasteiger partial charge in [-0.05, 0) is 48.6 Å². The summed E-state index contributed by atoms with van der Waals surface area (Å²) >= 11 is 6.34. The standard InChI is InChI=1S/C16H22ClNO/c1-16(2)7-5-11(6-8-16)13-4-3-12(9-14(13)17)15(19)10-18/h3-4,9,11H,5-8,10,18H2,1-2H3. The van der Waals surface area contributed by atoms with Crippen molar-refractivity contribution >= 4 is 17.4 Å². The summed E-state index contributed by atoms with van der Waals surface area (Å²) in [7, 11) is 0. The van der Waals surface area contributed by atoms with Crippen molar-refractivity contribution in [1.82, 2.24) is 0 Å². The molecule has 1 aromatic rings. The number of hydrogen-bond donors (Lipinski definition) is 1. The number of nitrogens with two attached hydrogens (primary N) is 1. The van der Waals surface area contributed by atoms with E-state index in [0.29, 0.717) is 21.9 Å². The monoisotopic (exact) mass is 279 g/mol. The Balaban J connectivity index is 2.16. The quantitative estimate of drug-likeness (QED) is 0.844. The highest BCUT2D eigenvalue weighted by atomic mass is 35.5. The zero-order chi connectivity index (χ0) is 14.0. The third-order valence-electron chi connectivity index (χ3n) is 4.29. The number of halogens is 1. The lowest BCUT2D eigenvalue weighted by atomic mass is 9.71. The molecule has 0 radical (unpaired) electrons. The van der Waals surface area contributed by atoms with Crippen LogP contribution in [0, 0.1) is 5.41 Å². The van der Waals surface area contributed by atoms with Crippen molar-refractivity contribution in [1.29, 1.82) is 0 Å². The van der Waals surface area contributed by atoms with Crippen molar-refractivity contribution in [3.05, 3.63) is 34.3 Å². The maximum atomic E-state index is 11.6. The number of Topliss-reactive ketones (excluding diaryl/α,β-unsaturated/α-hetero) is 1. The SMILES string of the molecule is CC1(C)CCC(c2ccc(C(=O)CN)cc2Cl)CC1. The van der Waals surface area contributed by atoms with Crippen LogP contribution in [-0.2, 0) is 0 Å². The topological polar surface area (TPSA) is 43.1 Å². The number of hydrogen-bond acceptors (Lipinski definition) is 2. The Labute approximate surface area is 120 Å². The maximum absolute atomic E-state index is 11.6. The van der Waals surface area contributed by atoms with Crippen LogP contribution in [0.4, 0.5) is 0 Å². The molecule has 19 heavy (non-hydrogen) atoms. The number of rotatable bonds is 3.